The van der Waals surface area contributed by atoms with Crippen LogP contribution in [0.3, 0.4) is 0 Å². The summed E-state index contributed by atoms with van der Waals surface area (Å²) in [6.07, 6.45) is 1.72. The Morgan fingerprint density at radius 2 is 2.13 bits per heavy atom. The van der Waals surface area contributed by atoms with Crippen LogP contribution in [0.1, 0.15) is 18.1 Å². The average Bonchev–Trinajstić information content (AvgIpc) is 2.41. The van der Waals surface area contributed by atoms with E-state index < -0.39 is 15.9 Å². The molecule has 1 aromatic carbocycles. The third-order valence-corrected chi connectivity index (χ3v) is 3.82. The van der Waals surface area contributed by atoms with Gasteiger partial charge >= 0.3 is 0 Å². The van der Waals surface area contributed by atoms with Crippen LogP contribution < -0.4 is 0 Å². The Kier molecular flexibility index (Phi) is 2.40. The highest BCUT2D eigenvalue weighted by atomic mass is 32.2. The van der Waals surface area contributed by atoms with E-state index in [-0.39, 0.29) is 0 Å². The van der Waals surface area contributed by atoms with Gasteiger partial charge in [0.15, 0.2) is 9.84 Å². The molecule has 0 aliphatic carbocycles. The minimum atomic E-state index is -3.19. The van der Waals surface area contributed by atoms with Gasteiger partial charge in [0.25, 0.3) is 0 Å². The predicted molar refractivity (Wildman–Crippen MR) is 58.0 cm³/mol. The van der Waals surface area contributed by atoms with Gasteiger partial charge in [-0.25, -0.2) is 8.42 Å². The second-order valence-corrected chi connectivity index (χ2v) is 5.58. The van der Waals surface area contributed by atoms with Crippen molar-refractivity contribution in [2.45, 2.75) is 24.3 Å². The fourth-order valence-electron chi connectivity index (χ4n) is 1.69. The normalized spacial score (nSPS) is 18.8. The second-order valence-electron chi connectivity index (χ2n) is 3.77. The lowest BCUT2D eigenvalue weighted by Crippen LogP contribution is -2.04. The molecule has 0 radical (unpaired) electrons. The number of benzene rings is 1. The van der Waals surface area contributed by atoms with E-state index >= 15 is 0 Å². The van der Waals surface area contributed by atoms with Crippen LogP contribution in [0, 0.1) is 0 Å². The Labute approximate surface area is 89.0 Å². The molecular weight excluding hydrogens is 212 g/mol. The summed E-state index contributed by atoms with van der Waals surface area (Å²) in [5.74, 6) is 0. The van der Waals surface area contributed by atoms with Crippen molar-refractivity contribution in [3.05, 3.63) is 34.7 Å². The van der Waals surface area contributed by atoms with E-state index in [2.05, 4.69) is 0 Å². The molecule has 15 heavy (non-hydrogen) atoms. The van der Waals surface area contributed by atoms with Gasteiger partial charge in [0.05, 0.1) is 11.0 Å². The molecule has 1 aromatic rings. The summed E-state index contributed by atoms with van der Waals surface area (Å²) in [5.41, 5.74) is 1.67. The van der Waals surface area contributed by atoms with Crippen LogP contribution in [-0.4, -0.2) is 19.6 Å². The van der Waals surface area contributed by atoms with Crippen LogP contribution in [0.25, 0.3) is 6.08 Å². The van der Waals surface area contributed by atoms with Crippen molar-refractivity contribution >= 4 is 15.9 Å². The Morgan fingerprint density at radius 1 is 1.40 bits per heavy atom. The molecule has 1 heterocycles. The first-order chi connectivity index (χ1) is 6.99. The van der Waals surface area contributed by atoms with Crippen LogP contribution in [0.15, 0.2) is 28.5 Å². The number of rotatable bonds is 2. The van der Waals surface area contributed by atoms with Crippen LogP contribution in [0.5, 0.6) is 0 Å². The Balaban J connectivity index is 2.42. The van der Waals surface area contributed by atoms with Gasteiger partial charge in [0, 0.05) is 5.41 Å². The smallest absolute Gasteiger partial charge is 0.200 e. The van der Waals surface area contributed by atoms with Crippen molar-refractivity contribution in [3.8, 4) is 0 Å². The summed E-state index contributed by atoms with van der Waals surface area (Å²) in [5, 5.41) is 10.4. The molecule has 3 nitrogen and oxygen atoms in total. The van der Waals surface area contributed by atoms with Crippen LogP contribution >= 0.6 is 0 Å². The molecule has 0 spiro atoms. The number of aliphatic hydroxyl groups excluding tert-OH is 1. The van der Waals surface area contributed by atoms with Crippen molar-refractivity contribution in [3.63, 3.8) is 0 Å². The molecule has 1 N–H and O–H groups in total. The lowest BCUT2D eigenvalue weighted by atomic mass is 10.1. The first-order valence-electron chi connectivity index (χ1n) is 4.73. The third-order valence-electron chi connectivity index (χ3n) is 2.34. The van der Waals surface area contributed by atoms with E-state index in [4.69, 9.17) is 0 Å². The highest BCUT2D eigenvalue weighted by molar-refractivity contribution is 7.94. The zero-order chi connectivity index (χ0) is 11.1. The molecule has 0 bridgehead atoms. The Bertz CT molecular complexity index is 513. The number of sulfone groups is 1. The first kappa shape index (κ1) is 10.4. The number of aliphatic hydroxyl groups is 1. The zero-order valence-corrected chi connectivity index (χ0v) is 9.16. The number of hydrogen-bond acceptors (Lipinski definition) is 3. The molecule has 0 fully saturated rings. The fraction of sp³-hybridized carbons (Fsp3) is 0.273. The van der Waals surface area contributed by atoms with Crippen molar-refractivity contribution in [2.75, 3.05) is 0 Å². The van der Waals surface area contributed by atoms with Crippen molar-refractivity contribution in [1.82, 2.24) is 0 Å². The van der Waals surface area contributed by atoms with Crippen molar-refractivity contribution < 1.29 is 13.5 Å². The Hall–Kier alpha value is -1.13. The number of hydrogen-bond donors (Lipinski definition) is 1. The van der Waals surface area contributed by atoms with Gasteiger partial charge in [-0.1, -0.05) is 12.1 Å². The molecule has 2 rings (SSSR count). The van der Waals surface area contributed by atoms with Gasteiger partial charge in [0.1, 0.15) is 0 Å². The van der Waals surface area contributed by atoms with Crippen molar-refractivity contribution in [2.24, 2.45) is 0 Å². The molecule has 0 aromatic heterocycles. The molecule has 1 aliphatic heterocycles. The SMILES string of the molecule is CC(O)Cc1ccc2c(c1)C=CS2(=O)=O. The lowest BCUT2D eigenvalue weighted by molar-refractivity contribution is 0.195. The van der Waals surface area contributed by atoms with Crippen LogP contribution in [-0.2, 0) is 16.3 Å². The fourth-order valence-corrected chi connectivity index (χ4v) is 2.88. The third kappa shape index (κ3) is 1.96. The topological polar surface area (TPSA) is 54.4 Å². The minimum absolute atomic E-state index is 0.358. The van der Waals surface area contributed by atoms with Crippen molar-refractivity contribution in [1.29, 1.82) is 0 Å². The van der Waals surface area contributed by atoms with Gasteiger partial charge in [0.2, 0.25) is 0 Å². The van der Waals surface area contributed by atoms with E-state index in [0.29, 0.717) is 16.9 Å². The summed E-state index contributed by atoms with van der Waals surface area (Å²) in [6, 6.07) is 5.15. The maximum absolute atomic E-state index is 11.5. The van der Waals surface area contributed by atoms with Gasteiger partial charge in [-0.3, -0.25) is 0 Å². The molecule has 1 aliphatic rings. The summed E-state index contributed by atoms with van der Waals surface area (Å²) in [7, 11) is -3.19. The molecule has 0 amide bonds. The van der Waals surface area contributed by atoms with Gasteiger partial charge in [-0.05, 0) is 36.6 Å². The number of fused-ring (bicyclic) bond motifs is 1. The lowest BCUT2D eigenvalue weighted by Gasteiger charge is -2.06. The summed E-state index contributed by atoms with van der Waals surface area (Å²) >= 11 is 0. The predicted octanol–water partition coefficient (Wildman–Crippen LogP) is 1.37. The molecule has 1 unspecified atom stereocenters. The van der Waals surface area contributed by atoms with E-state index in [9.17, 15) is 13.5 Å². The summed E-state index contributed by atoms with van der Waals surface area (Å²) in [6.45, 7) is 1.71. The molecule has 0 saturated carbocycles. The molecular formula is C11H12O3S. The first-order valence-corrected chi connectivity index (χ1v) is 6.28. The van der Waals surface area contributed by atoms with E-state index in [1.54, 1.807) is 25.1 Å². The highest BCUT2D eigenvalue weighted by Crippen LogP contribution is 2.27. The average molecular weight is 224 g/mol. The molecule has 1 atom stereocenters. The molecule has 80 valence electrons. The zero-order valence-electron chi connectivity index (χ0n) is 8.34. The van der Waals surface area contributed by atoms with Crippen LogP contribution in [0.2, 0.25) is 0 Å². The van der Waals surface area contributed by atoms with Crippen LogP contribution in [0.4, 0.5) is 0 Å². The summed E-state index contributed by atoms with van der Waals surface area (Å²) in [4.78, 5) is 0.358. The second kappa shape index (κ2) is 3.47. The maximum Gasteiger partial charge on any atom is 0.200 e. The minimum Gasteiger partial charge on any atom is -0.393 e. The van der Waals surface area contributed by atoms with E-state index in [1.165, 1.54) is 5.41 Å². The van der Waals surface area contributed by atoms with Gasteiger partial charge in [-0.2, -0.15) is 0 Å². The van der Waals surface area contributed by atoms with E-state index in [0.717, 1.165) is 5.56 Å². The largest absolute Gasteiger partial charge is 0.393 e. The summed E-state index contributed by atoms with van der Waals surface area (Å²) < 4.78 is 22.9. The molecule has 0 saturated heterocycles. The maximum atomic E-state index is 11.5. The highest BCUT2D eigenvalue weighted by Gasteiger charge is 2.20. The monoisotopic (exact) mass is 224 g/mol. The van der Waals surface area contributed by atoms with Gasteiger partial charge < -0.3 is 5.11 Å². The standard InChI is InChI=1S/C11H12O3S/c1-8(12)6-9-2-3-11-10(7-9)4-5-15(11,13)14/h2-5,7-8,12H,6H2,1H3. The molecule has 4 heteroatoms. The van der Waals surface area contributed by atoms with E-state index in [1.807, 2.05) is 6.07 Å². The quantitative estimate of drug-likeness (QED) is 0.825. The van der Waals surface area contributed by atoms with Gasteiger partial charge in [-0.15, -0.1) is 0 Å². The Morgan fingerprint density at radius 3 is 2.80 bits per heavy atom.